The van der Waals surface area contributed by atoms with Gasteiger partial charge in [-0.2, -0.15) is 0 Å². The maximum Gasteiger partial charge on any atom is 0.180 e. The van der Waals surface area contributed by atoms with Crippen LogP contribution >= 0.6 is 0 Å². The van der Waals surface area contributed by atoms with Crippen molar-refractivity contribution in [3.63, 3.8) is 0 Å². The number of fused-ring (bicyclic) bond motifs is 6. The van der Waals surface area contributed by atoms with Gasteiger partial charge in [-0.25, -0.2) is 4.99 Å². The standard InChI is InChI=1S/C42H33N7/c1-4-14-27(15-5-1)39-45-40(28-16-6-2-7-17-28)47-41(46-39)34-26-43-42(44-34)49-36-23-13-11-21-31(36)33-24-32-30-20-10-12-22-35(30)48(37(32)25-38(33)49)29-18-8-3-9-19-29/h1-26,39-40,42-45H,(H,46,47). The van der Waals surface area contributed by atoms with E-state index in [9.17, 15) is 0 Å². The van der Waals surface area contributed by atoms with Crippen molar-refractivity contribution < 1.29 is 0 Å². The van der Waals surface area contributed by atoms with Gasteiger partial charge in [0.2, 0.25) is 0 Å². The molecule has 0 bridgehead atoms. The Bertz CT molecular complexity index is 2570. The van der Waals surface area contributed by atoms with E-state index >= 15 is 0 Å². The van der Waals surface area contributed by atoms with Gasteiger partial charge in [0.1, 0.15) is 18.2 Å². The van der Waals surface area contributed by atoms with E-state index in [2.05, 4.69) is 170 Å². The minimum atomic E-state index is -0.228. The van der Waals surface area contributed by atoms with Gasteiger partial charge in [0, 0.05) is 33.4 Å². The second-order valence-corrected chi connectivity index (χ2v) is 12.7. The number of nitrogens with one attached hydrogen (secondary N) is 4. The van der Waals surface area contributed by atoms with Crippen LogP contribution in [-0.4, -0.2) is 15.0 Å². The van der Waals surface area contributed by atoms with E-state index in [1.165, 1.54) is 32.6 Å². The molecule has 8 aromatic rings. The van der Waals surface area contributed by atoms with E-state index in [0.29, 0.717) is 0 Å². The fourth-order valence-corrected chi connectivity index (χ4v) is 7.58. The molecule has 2 aliphatic rings. The van der Waals surface area contributed by atoms with Crippen molar-refractivity contribution in [1.82, 2.24) is 30.4 Å². The van der Waals surface area contributed by atoms with Gasteiger partial charge in [-0.1, -0.05) is 115 Å². The summed E-state index contributed by atoms with van der Waals surface area (Å²) < 4.78 is 4.76. The Balaban J connectivity index is 1.09. The molecular weight excluding hydrogens is 603 g/mol. The smallest absolute Gasteiger partial charge is 0.180 e. The van der Waals surface area contributed by atoms with Crippen molar-refractivity contribution in [2.45, 2.75) is 18.6 Å². The van der Waals surface area contributed by atoms with Crippen molar-refractivity contribution in [2.24, 2.45) is 4.99 Å². The van der Waals surface area contributed by atoms with Crippen LogP contribution in [0.3, 0.4) is 0 Å². The normalized spacial score (nSPS) is 19.1. The molecule has 2 aliphatic heterocycles. The maximum atomic E-state index is 5.17. The summed E-state index contributed by atoms with van der Waals surface area (Å²) in [4.78, 5) is 5.17. The molecule has 10 rings (SSSR count). The molecular formula is C42H33N7. The minimum Gasteiger partial charge on any atom is -0.352 e. The van der Waals surface area contributed by atoms with Crippen molar-refractivity contribution in [3.8, 4) is 5.69 Å². The summed E-state index contributed by atoms with van der Waals surface area (Å²) in [6.45, 7) is 0. The number of benzene rings is 6. The summed E-state index contributed by atoms with van der Waals surface area (Å²) in [5.41, 5.74) is 9.01. The molecule has 6 aromatic carbocycles. The van der Waals surface area contributed by atoms with E-state index in [-0.39, 0.29) is 18.6 Å². The molecule has 4 N–H and O–H groups in total. The van der Waals surface area contributed by atoms with Crippen LogP contribution in [0.15, 0.2) is 169 Å². The highest BCUT2D eigenvalue weighted by Gasteiger charge is 2.30. The number of para-hydroxylation sites is 3. The first-order valence-electron chi connectivity index (χ1n) is 16.7. The molecule has 49 heavy (non-hydrogen) atoms. The zero-order valence-corrected chi connectivity index (χ0v) is 26.6. The van der Waals surface area contributed by atoms with E-state index in [0.717, 1.165) is 39.4 Å². The maximum absolute atomic E-state index is 5.17. The molecule has 3 atom stereocenters. The number of amidine groups is 1. The van der Waals surface area contributed by atoms with E-state index < -0.39 is 0 Å². The third-order valence-corrected chi connectivity index (χ3v) is 9.82. The SMILES string of the molecule is C1=C(C2=NC(c3ccccc3)NC(c3ccccc3)N2)NC(n2c3ccccc3c3cc4c5ccccc5n(-c5ccccc5)c4cc32)N1. The third kappa shape index (κ3) is 4.51. The lowest BCUT2D eigenvalue weighted by Gasteiger charge is -2.32. The Morgan fingerprint density at radius 1 is 0.510 bits per heavy atom. The molecule has 236 valence electrons. The number of aromatic nitrogens is 2. The Kier molecular flexibility index (Phi) is 6.32. The van der Waals surface area contributed by atoms with Gasteiger partial charge in [0.25, 0.3) is 0 Å². The molecule has 0 fully saturated rings. The lowest BCUT2D eigenvalue weighted by atomic mass is 10.1. The highest BCUT2D eigenvalue weighted by molar-refractivity contribution is 6.18. The van der Waals surface area contributed by atoms with Crippen molar-refractivity contribution in [3.05, 3.63) is 175 Å². The molecule has 0 spiro atoms. The van der Waals surface area contributed by atoms with Gasteiger partial charge in [0.05, 0.1) is 27.8 Å². The van der Waals surface area contributed by atoms with Gasteiger partial charge in [-0.15, -0.1) is 0 Å². The van der Waals surface area contributed by atoms with Crippen molar-refractivity contribution in [1.29, 1.82) is 0 Å². The Morgan fingerprint density at radius 2 is 1.12 bits per heavy atom. The molecule has 0 saturated carbocycles. The molecule has 0 aliphatic carbocycles. The number of rotatable bonds is 5. The van der Waals surface area contributed by atoms with Gasteiger partial charge in [-0.3, -0.25) is 5.32 Å². The summed E-state index contributed by atoms with van der Waals surface area (Å²) in [6.07, 6.45) is 1.51. The van der Waals surface area contributed by atoms with Gasteiger partial charge >= 0.3 is 0 Å². The highest BCUT2D eigenvalue weighted by atomic mass is 15.4. The fourth-order valence-electron chi connectivity index (χ4n) is 7.58. The first kappa shape index (κ1) is 27.8. The topological polar surface area (TPSA) is 70.3 Å². The Hall–Kier alpha value is -6.31. The number of nitrogens with zero attached hydrogens (tertiary/aromatic N) is 3. The zero-order valence-electron chi connectivity index (χ0n) is 26.6. The van der Waals surface area contributed by atoms with Gasteiger partial charge in [0.15, 0.2) is 6.29 Å². The largest absolute Gasteiger partial charge is 0.352 e. The Labute approximate surface area is 283 Å². The summed E-state index contributed by atoms with van der Waals surface area (Å²) in [7, 11) is 0. The van der Waals surface area contributed by atoms with Crippen LogP contribution in [0.2, 0.25) is 0 Å². The molecule has 0 saturated heterocycles. The molecule has 4 heterocycles. The van der Waals surface area contributed by atoms with Gasteiger partial charge < -0.3 is 25.1 Å². The van der Waals surface area contributed by atoms with Crippen LogP contribution in [0.1, 0.15) is 29.7 Å². The molecule has 3 unspecified atom stereocenters. The van der Waals surface area contributed by atoms with E-state index in [1.807, 2.05) is 18.3 Å². The highest BCUT2D eigenvalue weighted by Crippen LogP contribution is 2.39. The lowest BCUT2D eigenvalue weighted by molar-refractivity contribution is 0.404. The molecule has 0 amide bonds. The third-order valence-electron chi connectivity index (χ3n) is 9.82. The van der Waals surface area contributed by atoms with Crippen LogP contribution in [-0.2, 0) is 0 Å². The average Bonchev–Trinajstić information content (AvgIpc) is 3.87. The number of hydrogen-bond donors (Lipinski definition) is 4. The lowest BCUT2D eigenvalue weighted by Crippen LogP contribution is -2.46. The zero-order chi connectivity index (χ0) is 32.3. The predicted molar refractivity (Wildman–Crippen MR) is 199 cm³/mol. The quantitative estimate of drug-likeness (QED) is 0.153. The number of aliphatic imine (C=N–C) groups is 1. The van der Waals surface area contributed by atoms with Crippen LogP contribution in [0.5, 0.6) is 0 Å². The van der Waals surface area contributed by atoms with E-state index in [1.54, 1.807) is 0 Å². The fraction of sp³-hybridized carbons (Fsp3) is 0.0714. The Morgan fingerprint density at radius 3 is 1.88 bits per heavy atom. The van der Waals surface area contributed by atoms with Gasteiger partial charge in [-0.05, 0) is 47.5 Å². The molecule has 7 nitrogen and oxygen atoms in total. The second-order valence-electron chi connectivity index (χ2n) is 12.7. The summed E-state index contributed by atoms with van der Waals surface area (Å²) >= 11 is 0. The van der Waals surface area contributed by atoms with Crippen molar-refractivity contribution in [2.75, 3.05) is 0 Å². The van der Waals surface area contributed by atoms with Crippen molar-refractivity contribution >= 4 is 49.4 Å². The second kappa shape index (κ2) is 11.1. The predicted octanol–water partition coefficient (Wildman–Crippen LogP) is 8.37. The molecule has 0 radical (unpaired) electrons. The first-order valence-corrected chi connectivity index (χ1v) is 16.7. The minimum absolute atomic E-state index is 0.109. The summed E-state index contributed by atoms with van der Waals surface area (Å²) in [6, 6.07) is 53.6. The molecule has 7 heteroatoms. The van der Waals surface area contributed by atoms with E-state index in [4.69, 9.17) is 4.99 Å². The van der Waals surface area contributed by atoms with Crippen LogP contribution in [0.4, 0.5) is 0 Å². The first-order chi connectivity index (χ1) is 24.3. The van der Waals surface area contributed by atoms with Crippen LogP contribution in [0, 0.1) is 0 Å². The number of hydrogen-bond acceptors (Lipinski definition) is 5. The molecule has 2 aromatic heterocycles. The van der Waals surface area contributed by atoms with Crippen LogP contribution < -0.4 is 21.3 Å². The van der Waals surface area contributed by atoms with Crippen LogP contribution in [0.25, 0.3) is 49.3 Å². The average molecular weight is 636 g/mol. The summed E-state index contributed by atoms with van der Waals surface area (Å²) in [5, 5.41) is 19.8. The monoisotopic (exact) mass is 635 g/mol. The summed E-state index contributed by atoms with van der Waals surface area (Å²) in [5.74, 6) is 0.809.